The van der Waals surface area contributed by atoms with E-state index >= 15 is 0 Å². The highest BCUT2D eigenvalue weighted by Gasteiger charge is 2.33. The molecule has 30 heavy (non-hydrogen) atoms. The fraction of sp³-hybridized carbons (Fsp3) is 0.300. The van der Waals surface area contributed by atoms with Crippen molar-refractivity contribution < 1.29 is 17.9 Å². The Kier molecular flexibility index (Phi) is 5.98. The molecule has 1 aromatic carbocycles. The van der Waals surface area contributed by atoms with Gasteiger partial charge in [0.25, 0.3) is 0 Å². The number of hydrogen-bond acceptors (Lipinski definition) is 8. The molecule has 8 nitrogen and oxygen atoms in total. The molecule has 0 spiro atoms. The molecule has 0 saturated heterocycles. The number of benzene rings is 1. The molecule has 2 aromatic rings. The lowest BCUT2D eigenvalue weighted by Crippen LogP contribution is -2.28. The molecule has 2 aliphatic heterocycles. The van der Waals surface area contributed by atoms with Gasteiger partial charge in [0.1, 0.15) is 4.24 Å². The minimum Gasteiger partial charge on any atom is -0.493 e. The van der Waals surface area contributed by atoms with E-state index in [0.29, 0.717) is 41.2 Å². The summed E-state index contributed by atoms with van der Waals surface area (Å²) in [6, 6.07) is 7.26. The number of nitrogens with one attached hydrogen (secondary N) is 1. The van der Waals surface area contributed by atoms with E-state index in [1.54, 1.807) is 38.6 Å². The maximum atomic E-state index is 12.8. The van der Waals surface area contributed by atoms with Crippen LogP contribution >= 0.6 is 11.8 Å². The van der Waals surface area contributed by atoms with E-state index in [0.717, 1.165) is 11.4 Å². The zero-order valence-electron chi connectivity index (χ0n) is 16.6. The Bertz CT molecular complexity index is 1090. The minimum absolute atomic E-state index is 0.0701. The van der Waals surface area contributed by atoms with Crippen LogP contribution in [-0.2, 0) is 10.0 Å². The molecule has 1 aromatic heterocycles. The summed E-state index contributed by atoms with van der Waals surface area (Å²) >= 11 is 1.33. The molecular weight excluding hydrogens is 424 g/mol. The Morgan fingerprint density at radius 1 is 1.13 bits per heavy atom. The van der Waals surface area contributed by atoms with Gasteiger partial charge in [-0.2, -0.15) is 4.31 Å². The summed E-state index contributed by atoms with van der Waals surface area (Å²) in [5.41, 5.74) is 1.53. The van der Waals surface area contributed by atoms with Crippen molar-refractivity contribution in [2.75, 3.05) is 32.6 Å². The number of nitrogens with zero attached hydrogens (tertiary/aromatic N) is 3. The molecule has 0 amide bonds. The molecule has 1 N–H and O–H groups in total. The number of anilines is 2. The van der Waals surface area contributed by atoms with Crippen LogP contribution in [0, 0.1) is 0 Å². The van der Waals surface area contributed by atoms with Crippen LogP contribution < -0.4 is 14.8 Å². The molecule has 10 heteroatoms. The quantitative estimate of drug-likeness (QED) is 0.647. The Hall–Kier alpha value is -2.56. The van der Waals surface area contributed by atoms with Gasteiger partial charge in [-0.1, -0.05) is 18.2 Å². The summed E-state index contributed by atoms with van der Waals surface area (Å²) in [6.45, 7) is 0.857. The van der Waals surface area contributed by atoms with Crippen molar-refractivity contribution in [3.63, 3.8) is 0 Å². The third-order valence-electron chi connectivity index (χ3n) is 4.78. The van der Waals surface area contributed by atoms with Gasteiger partial charge in [-0.25, -0.2) is 18.4 Å². The summed E-state index contributed by atoms with van der Waals surface area (Å²) in [4.78, 5) is 8.87. The third-order valence-corrected chi connectivity index (χ3v) is 8.47. The molecular formula is C20H22N4O4S2. The SMILES string of the molecule is COc1ccc(Nc2nccc(C3CC=C(S(=O)(=O)N4CC=CC4)S3)n2)cc1OC. The number of allylic oxidation sites excluding steroid dienone is 1. The molecule has 0 aliphatic carbocycles. The lowest BCUT2D eigenvalue weighted by molar-refractivity contribution is 0.355. The van der Waals surface area contributed by atoms with Crippen molar-refractivity contribution in [3.8, 4) is 11.5 Å². The van der Waals surface area contributed by atoms with Crippen molar-refractivity contribution in [3.05, 3.63) is 58.6 Å². The lowest BCUT2D eigenvalue weighted by Gasteiger charge is -2.17. The maximum absolute atomic E-state index is 12.8. The number of thioether (sulfide) groups is 1. The summed E-state index contributed by atoms with van der Waals surface area (Å²) in [5.74, 6) is 1.66. The second-order valence-corrected chi connectivity index (χ2v) is 10.1. The van der Waals surface area contributed by atoms with Crippen LogP contribution in [0.25, 0.3) is 0 Å². The average Bonchev–Trinajstić information content (AvgIpc) is 3.47. The van der Waals surface area contributed by atoms with Crippen LogP contribution in [0.2, 0.25) is 0 Å². The molecule has 0 radical (unpaired) electrons. The first-order chi connectivity index (χ1) is 14.5. The highest BCUT2D eigenvalue weighted by atomic mass is 32.3. The molecule has 0 saturated carbocycles. The molecule has 1 unspecified atom stereocenters. The molecule has 2 aliphatic rings. The number of methoxy groups -OCH3 is 2. The Morgan fingerprint density at radius 3 is 2.63 bits per heavy atom. The van der Waals surface area contributed by atoms with Gasteiger partial charge in [0.2, 0.25) is 16.0 Å². The van der Waals surface area contributed by atoms with Crippen LogP contribution in [0.5, 0.6) is 11.5 Å². The summed E-state index contributed by atoms with van der Waals surface area (Å²) in [6.07, 6.45) is 7.79. The van der Waals surface area contributed by atoms with Crippen LogP contribution in [0.3, 0.4) is 0 Å². The summed E-state index contributed by atoms with van der Waals surface area (Å²) in [7, 11) is -0.283. The monoisotopic (exact) mass is 446 g/mol. The van der Waals surface area contributed by atoms with Gasteiger partial charge in [-0.15, -0.1) is 11.8 Å². The van der Waals surface area contributed by atoms with E-state index in [2.05, 4.69) is 15.3 Å². The highest BCUT2D eigenvalue weighted by Crippen LogP contribution is 2.46. The molecule has 3 heterocycles. The second kappa shape index (κ2) is 8.66. The first kappa shape index (κ1) is 20.7. The fourth-order valence-electron chi connectivity index (χ4n) is 3.22. The molecule has 4 rings (SSSR count). The zero-order chi connectivity index (χ0) is 21.1. The minimum atomic E-state index is -3.44. The van der Waals surface area contributed by atoms with E-state index in [-0.39, 0.29) is 5.25 Å². The van der Waals surface area contributed by atoms with Crippen molar-refractivity contribution >= 4 is 33.4 Å². The van der Waals surface area contributed by atoms with Crippen molar-refractivity contribution in [1.29, 1.82) is 0 Å². The van der Waals surface area contributed by atoms with E-state index in [1.165, 1.54) is 16.1 Å². The van der Waals surface area contributed by atoms with Gasteiger partial charge in [-0.05, 0) is 24.6 Å². The van der Waals surface area contributed by atoms with Crippen molar-refractivity contribution in [2.24, 2.45) is 0 Å². The van der Waals surface area contributed by atoms with Crippen LogP contribution in [0.4, 0.5) is 11.6 Å². The van der Waals surface area contributed by atoms with Crippen LogP contribution in [0.15, 0.2) is 52.9 Å². The van der Waals surface area contributed by atoms with E-state index in [9.17, 15) is 8.42 Å². The average molecular weight is 447 g/mol. The first-order valence-corrected chi connectivity index (χ1v) is 11.7. The molecule has 0 bridgehead atoms. The van der Waals surface area contributed by atoms with Crippen molar-refractivity contribution in [1.82, 2.24) is 14.3 Å². The maximum Gasteiger partial charge on any atom is 0.249 e. The summed E-state index contributed by atoms with van der Waals surface area (Å²) < 4.78 is 38.0. The number of aromatic nitrogens is 2. The number of ether oxygens (including phenoxy) is 2. The van der Waals surface area contributed by atoms with Gasteiger partial charge < -0.3 is 14.8 Å². The molecule has 0 fully saturated rings. The van der Waals surface area contributed by atoms with E-state index < -0.39 is 10.0 Å². The smallest absolute Gasteiger partial charge is 0.249 e. The lowest BCUT2D eigenvalue weighted by atomic mass is 10.2. The predicted molar refractivity (Wildman–Crippen MR) is 118 cm³/mol. The first-order valence-electron chi connectivity index (χ1n) is 9.35. The van der Waals surface area contributed by atoms with Gasteiger partial charge in [0.05, 0.1) is 25.2 Å². The third kappa shape index (κ3) is 4.16. The summed E-state index contributed by atoms with van der Waals surface area (Å²) in [5, 5.41) is 3.09. The van der Waals surface area contributed by atoms with Gasteiger partial charge in [0, 0.05) is 31.0 Å². The van der Waals surface area contributed by atoms with E-state index in [1.807, 2.05) is 24.3 Å². The normalized spacial score (nSPS) is 19.0. The second-order valence-electron chi connectivity index (χ2n) is 6.66. The number of rotatable bonds is 7. The molecule has 1 atom stereocenters. The Labute approximate surface area is 180 Å². The zero-order valence-corrected chi connectivity index (χ0v) is 18.2. The Morgan fingerprint density at radius 2 is 1.90 bits per heavy atom. The van der Waals surface area contributed by atoms with Crippen molar-refractivity contribution in [2.45, 2.75) is 11.7 Å². The largest absolute Gasteiger partial charge is 0.493 e. The number of sulfonamides is 1. The van der Waals surface area contributed by atoms with Gasteiger partial charge in [-0.3, -0.25) is 0 Å². The predicted octanol–water partition coefficient (Wildman–Crippen LogP) is 3.46. The number of hydrogen-bond donors (Lipinski definition) is 1. The van der Waals surface area contributed by atoms with Crippen LogP contribution in [-0.4, -0.2) is 50.0 Å². The van der Waals surface area contributed by atoms with Crippen LogP contribution in [0.1, 0.15) is 17.4 Å². The van der Waals surface area contributed by atoms with Gasteiger partial charge in [0.15, 0.2) is 11.5 Å². The van der Waals surface area contributed by atoms with E-state index in [4.69, 9.17) is 9.47 Å². The standard InChI is InChI=1S/C20H22N4O4S2/c1-27-16-6-5-14(13-17(16)28-2)22-20-21-10-9-15(23-20)18-7-8-19(29-18)30(25,26)24-11-3-4-12-24/h3-6,8-10,13,18H,7,11-12H2,1-2H3,(H,21,22,23). The fourth-order valence-corrected chi connectivity index (χ4v) is 6.42. The van der Waals surface area contributed by atoms with Gasteiger partial charge >= 0.3 is 0 Å². The topological polar surface area (TPSA) is 93.6 Å². The molecule has 158 valence electrons. The highest BCUT2D eigenvalue weighted by molar-refractivity contribution is 8.18. The Balaban J connectivity index is 1.47.